The van der Waals surface area contributed by atoms with Crippen LogP contribution in [-0.2, 0) is 0 Å². The monoisotopic (exact) mass is 280 g/mol. The Kier molecular flexibility index (Phi) is 4.63. The van der Waals surface area contributed by atoms with Gasteiger partial charge < -0.3 is 9.80 Å². The van der Waals surface area contributed by atoms with Crippen LogP contribution >= 0.6 is 11.3 Å². The van der Waals surface area contributed by atoms with Gasteiger partial charge in [-0.25, -0.2) is 0 Å². The second-order valence-electron chi connectivity index (χ2n) is 5.41. The average molecular weight is 280 g/mol. The molecule has 106 valence electrons. The maximum atomic E-state index is 12.5. The summed E-state index contributed by atoms with van der Waals surface area (Å²) in [5, 5.41) is 0. The van der Waals surface area contributed by atoms with E-state index < -0.39 is 0 Å². The Hall–Kier alpha value is -0.870. The van der Waals surface area contributed by atoms with Crippen molar-refractivity contribution in [2.75, 3.05) is 26.7 Å². The van der Waals surface area contributed by atoms with E-state index in [4.69, 9.17) is 0 Å². The minimum atomic E-state index is 0.191. The third-order valence-electron chi connectivity index (χ3n) is 4.14. The highest BCUT2D eigenvalue weighted by atomic mass is 32.1. The zero-order valence-corrected chi connectivity index (χ0v) is 13.2. The first-order chi connectivity index (χ1) is 9.02. The molecule has 2 heterocycles. The molecule has 0 unspecified atom stereocenters. The Morgan fingerprint density at radius 1 is 1.42 bits per heavy atom. The third kappa shape index (κ3) is 3.18. The van der Waals surface area contributed by atoms with Gasteiger partial charge in [0.1, 0.15) is 0 Å². The highest BCUT2D eigenvalue weighted by Crippen LogP contribution is 2.24. The second-order valence-corrected chi connectivity index (χ2v) is 6.87. The van der Waals surface area contributed by atoms with E-state index in [0.29, 0.717) is 6.04 Å². The summed E-state index contributed by atoms with van der Waals surface area (Å²) >= 11 is 1.71. The molecule has 0 radical (unpaired) electrons. The van der Waals surface area contributed by atoms with Crippen molar-refractivity contribution in [1.29, 1.82) is 0 Å². The van der Waals surface area contributed by atoms with Crippen LogP contribution in [-0.4, -0.2) is 48.4 Å². The first-order valence-corrected chi connectivity index (χ1v) is 7.91. The van der Waals surface area contributed by atoms with Gasteiger partial charge in [-0.05, 0) is 39.3 Å². The van der Waals surface area contributed by atoms with Crippen molar-refractivity contribution in [3.8, 4) is 0 Å². The number of likely N-dealkylation sites (tertiary alicyclic amines) is 1. The first-order valence-electron chi connectivity index (χ1n) is 7.09. The Bertz CT molecular complexity index is 447. The number of hydrogen-bond donors (Lipinski definition) is 0. The molecule has 0 aliphatic carbocycles. The molecule has 1 fully saturated rings. The minimum absolute atomic E-state index is 0.191. The number of thiophene rings is 1. The predicted octanol–water partition coefficient (Wildman–Crippen LogP) is 2.92. The van der Waals surface area contributed by atoms with Crippen LogP contribution in [0.1, 0.15) is 39.9 Å². The van der Waals surface area contributed by atoms with Gasteiger partial charge in [0, 0.05) is 35.9 Å². The van der Waals surface area contributed by atoms with Gasteiger partial charge in [0.25, 0.3) is 5.91 Å². The van der Waals surface area contributed by atoms with Gasteiger partial charge >= 0.3 is 0 Å². The number of piperidine rings is 1. The average Bonchev–Trinajstić information content (AvgIpc) is 2.76. The van der Waals surface area contributed by atoms with Crippen molar-refractivity contribution in [2.45, 2.75) is 39.7 Å². The van der Waals surface area contributed by atoms with Crippen molar-refractivity contribution < 1.29 is 4.79 Å². The number of carbonyl (C=O) groups is 1. The minimum Gasteiger partial charge on any atom is -0.339 e. The van der Waals surface area contributed by atoms with E-state index in [1.807, 2.05) is 24.9 Å². The fourth-order valence-corrected chi connectivity index (χ4v) is 3.74. The molecule has 1 aliphatic heterocycles. The van der Waals surface area contributed by atoms with Crippen LogP contribution < -0.4 is 0 Å². The number of amides is 1. The van der Waals surface area contributed by atoms with Crippen molar-refractivity contribution >= 4 is 17.2 Å². The van der Waals surface area contributed by atoms with E-state index >= 15 is 0 Å². The summed E-state index contributed by atoms with van der Waals surface area (Å²) in [7, 11) is 1.96. The van der Waals surface area contributed by atoms with Crippen LogP contribution in [0.4, 0.5) is 0 Å². The molecule has 1 saturated heterocycles. The van der Waals surface area contributed by atoms with Crippen LogP contribution in [0.5, 0.6) is 0 Å². The fraction of sp³-hybridized carbons (Fsp3) is 0.667. The lowest BCUT2D eigenvalue weighted by Gasteiger charge is -2.36. The van der Waals surface area contributed by atoms with Crippen LogP contribution in [0.25, 0.3) is 0 Å². The predicted molar refractivity (Wildman–Crippen MR) is 81.0 cm³/mol. The summed E-state index contributed by atoms with van der Waals surface area (Å²) in [5.74, 6) is 0.191. The third-order valence-corrected chi connectivity index (χ3v) is 5.11. The summed E-state index contributed by atoms with van der Waals surface area (Å²) in [6.45, 7) is 9.65. The summed E-state index contributed by atoms with van der Waals surface area (Å²) in [5.41, 5.74) is 0.892. The molecule has 0 N–H and O–H groups in total. The number of carbonyl (C=O) groups excluding carboxylic acids is 1. The smallest absolute Gasteiger partial charge is 0.254 e. The molecule has 2 rings (SSSR count). The lowest BCUT2D eigenvalue weighted by Crippen LogP contribution is -2.45. The highest BCUT2D eigenvalue weighted by molar-refractivity contribution is 7.12. The number of nitrogens with zero attached hydrogens (tertiary/aromatic N) is 2. The van der Waals surface area contributed by atoms with E-state index in [-0.39, 0.29) is 5.91 Å². The van der Waals surface area contributed by atoms with Crippen LogP contribution in [0.2, 0.25) is 0 Å². The molecule has 0 aromatic carbocycles. The van der Waals surface area contributed by atoms with Gasteiger partial charge in [-0.1, -0.05) is 6.92 Å². The van der Waals surface area contributed by atoms with Gasteiger partial charge in [-0.2, -0.15) is 0 Å². The van der Waals surface area contributed by atoms with Gasteiger partial charge in [-0.15, -0.1) is 11.3 Å². The molecule has 1 aromatic heterocycles. The number of rotatable bonds is 3. The lowest BCUT2D eigenvalue weighted by atomic mass is 10.0. The topological polar surface area (TPSA) is 23.6 Å². The molecule has 19 heavy (non-hydrogen) atoms. The summed E-state index contributed by atoms with van der Waals surface area (Å²) in [4.78, 5) is 19.3. The molecule has 1 amide bonds. The van der Waals surface area contributed by atoms with Gasteiger partial charge in [0.2, 0.25) is 0 Å². The molecule has 0 spiro atoms. The van der Waals surface area contributed by atoms with Crippen molar-refractivity contribution in [2.24, 2.45) is 0 Å². The summed E-state index contributed by atoms with van der Waals surface area (Å²) in [6.07, 6.45) is 2.19. The van der Waals surface area contributed by atoms with Crippen molar-refractivity contribution in [1.82, 2.24) is 9.80 Å². The van der Waals surface area contributed by atoms with Crippen LogP contribution in [0.3, 0.4) is 0 Å². The van der Waals surface area contributed by atoms with Gasteiger partial charge in [-0.3, -0.25) is 4.79 Å². The molecule has 0 saturated carbocycles. The maximum absolute atomic E-state index is 12.5. The van der Waals surface area contributed by atoms with Gasteiger partial charge in [0.15, 0.2) is 0 Å². The molecular formula is C15H24N2OS. The standard InChI is InChI=1S/C15H24N2OS/c1-5-17-8-6-13(7-9-17)16(4)15(18)14-10-11(2)19-12(14)3/h10,13H,5-9H2,1-4H3. The van der Waals surface area contributed by atoms with E-state index in [0.717, 1.165) is 42.9 Å². The van der Waals surface area contributed by atoms with Crippen molar-refractivity contribution in [3.63, 3.8) is 0 Å². The molecule has 1 aromatic rings. The Labute approximate surface area is 120 Å². The SMILES string of the molecule is CCN1CCC(N(C)C(=O)c2cc(C)sc2C)CC1. The van der Waals surface area contributed by atoms with Crippen molar-refractivity contribution in [3.05, 3.63) is 21.4 Å². The Balaban J connectivity index is 2.02. The maximum Gasteiger partial charge on any atom is 0.254 e. The van der Waals surface area contributed by atoms with E-state index in [2.05, 4.69) is 18.7 Å². The normalized spacial score (nSPS) is 17.7. The molecule has 3 nitrogen and oxygen atoms in total. The Morgan fingerprint density at radius 2 is 2.05 bits per heavy atom. The van der Waals surface area contributed by atoms with E-state index in [1.54, 1.807) is 11.3 Å². The van der Waals surface area contributed by atoms with E-state index in [9.17, 15) is 4.79 Å². The van der Waals surface area contributed by atoms with Crippen LogP contribution in [0.15, 0.2) is 6.07 Å². The zero-order chi connectivity index (χ0) is 14.0. The number of hydrogen-bond acceptors (Lipinski definition) is 3. The lowest BCUT2D eigenvalue weighted by molar-refractivity contribution is 0.0646. The largest absolute Gasteiger partial charge is 0.339 e. The summed E-state index contributed by atoms with van der Waals surface area (Å²) in [6, 6.07) is 2.43. The quantitative estimate of drug-likeness (QED) is 0.850. The molecule has 0 atom stereocenters. The van der Waals surface area contributed by atoms with Crippen LogP contribution in [0, 0.1) is 13.8 Å². The molecule has 1 aliphatic rings. The fourth-order valence-electron chi connectivity index (χ4n) is 2.82. The van der Waals surface area contributed by atoms with Gasteiger partial charge in [0.05, 0.1) is 5.56 Å². The summed E-state index contributed by atoms with van der Waals surface area (Å²) < 4.78 is 0. The molecule has 0 bridgehead atoms. The molecule has 4 heteroatoms. The highest BCUT2D eigenvalue weighted by Gasteiger charge is 2.26. The molecular weight excluding hydrogens is 256 g/mol. The van der Waals surface area contributed by atoms with E-state index in [1.165, 1.54) is 4.88 Å². The Morgan fingerprint density at radius 3 is 2.53 bits per heavy atom. The first kappa shape index (κ1) is 14.5. The number of aryl methyl sites for hydroxylation is 2. The second kappa shape index (κ2) is 6.06. The zero-order valence-electron chi connectivity index (χ0n) is 12.4.